The second-order valence-corrected chi connectivity index (χ2v) is 7.28. The first-order valence-corrected chi connectivity index (χ1v) is 8.87. The first kappa shape index (κ1) is 16.5. The number of hydrogen-bond donors (Lipinski definition) is 1. The van der Waals surface area contributed by atoms with Crippen molar-refractivity contribution >= 4 is 0 Å². The average Bonchev–Trinajstić information content (AvgIpc) is 2.44. The molecule has 0 aliphatic heterocycles. The molecule has 0 aromatic heterocycles. The van der Waals surface area contributed by atoms with E-state index in [1.54, 1.807) is 5.56 Å². The molecule has 0 saturated heterocycles. The van der Waals surface area contributed by atoms with Gasteiger partial charge in [0.2, 0.25) is 0 Å². The van der Waals surface area contributed by atoms with Crippen LogP contribution in [0, 0.1) is 12.3 Å². The van der Waals surface area contributed by atoms with Gasteiger partial charge in [-0.05, 0) is 50.1 Å². The summed E-state index contributed by atoms with van der Waals surface area (Å²) in [6.45, 7) is 11.3. The van der Waals surface area contributed by atoms with Crippen LogP contribution in [0.5, 0.6) is 0 Å². The van der Waals surface area contributed by atoms with Crippen molar-refractivity contribution in [2.24, 2.45) is 5.41 Å². The minimum atomic E-state index is 0.383. The van der Waals surface area contributed by atoms with Crippen LogP contribution in [0.3, 0.4) is 0 Å². The summed E-state index contributed by atoms with van der Waals surface area (Å²) in [4.78, 5) is 0. The molecule has 0 bridgehead atoms. The standard InChI is InChI=1S/C20H33N/c1-5-12-19(13-6-2)14-20(15-19,16-21-7-3)18-10-8-17(4)9-11-18/h8-11,21H,5-7,12-16H2,1-4H3. The molecule has 1 heteroatoms. The molecule has 0 heterocycles. The Balaban J connectivity index is 2.19. The van der Waals surface area contributed by atoms with Gasteiger partial charge in [0.15, 0.2) is 0 Å². The van der Waals surface area contributed by atoms with E-state index in [0.29, 0.717) is 10.8 Å². The molecule has 1 aliphatic rings. The third kappa shape index (κ3) is 3.51. The molecule has 0 spiro atoms. The highest BCUT2D eigenvalue weighted by Gasteiger charge is 2.53. The quantitative estimate of drug-likeness (QED) is 0.691. The maximum Gasteiger partial charge on any atom is 0.00883 e. The van der Waals surface area contributed by atoms with Crippen LogP contribution in [0.25, 0.3) is 0 Å². The van der Waals surface area contributed by atoms with Crippen LogP contribution in [-0.4, -0.2) is 13.1 Å². The molecule has 21 heavy (non-hydrogen) atoms. The molecular weight excluding hydrogens is 254 g/mol. The summed E-state index contributed by atoms with van der Waals surface area (Å²) in [6, 6.07) is 9.30. The van der Waals surface area contributed by atoms with Gasteiger partial charge in [0.1, 0.15) is 0 Å². The van der Waals surface area contributed by atoms with Gasteiger partial charge >= 0.3 is 0 Å². The van der Waals surface area contributed by atoms with E-state index in [0.717, 1.165) is 13.1 Å². The van der Waals surface area contributed by atoms with Crippen molar-refractivity contribution in [2.45, 2.75) is 71.6 Å². The Morgan fingerprint density at radius 2 is 1.52 bits per heavy atom. The predicted octanol–water partition coefficient (Wildman–Crippen LogP) is 5.22. The molecular formula is C20H33N. The highest BCUT2D eigenvalue weighted by atomic mass is 14.9. The van der Waals surface area contributed by atoms with Crippen molar-refractivity contribution < 1.29 is 0 Å². The first-order chi connectivity index (χ1) is 10.1. The Kier molecular flexibility index (Phi) is 5.48. The number of hydrogen-bond acceptors (Lipinski definition) is 1. The highest BCUT2D eigenvalue weighted by molar-refractivity contribution is 5.33. The van der Waals surface area contributed by atoms with Crippen LogP contribution in [0.2, 0.25) is 0 Å². The number of aryl methyl sites for hydroxylation is 1. The molecule has 0 radical (unpaired) electrons. The van der Waals surface area contributed by atoms with E-state index < -0.39 is 0 Å². The summed E-state index contributed by atoms with van der Waals surface area (Å²) in [6.07, 6.45) is 8.20. The molecule has 1 aromatic carbocycles. The summed E-state index contributed by atoms with van der Waals surface area (Å²) in [7, 11) is 0. The van der Waals surface area contributed by atoms with Gasteiger partial charge in [0.25, 0.3) is 0 Å². The van der Waals surface area contributed by atoms with Crippen molar-refractivity contribution in [1.29, 1.82) is 0 Å². The van der Waals surface area contributed by atoms with Crippen molar-refractivity contribution in [2.75, 3.05) is 13.1 Å². The molecule has 1 aliphatic carbocycles. The Labute approximate surface area is 131 Å². The molecule has 0 unspecified atom stereocenters. The van der Waals surface area contributed by atoms with E-state index in [1.807, 2.05) is 0 Å². The molecule has 1 saturated carbocycles. The van der Waals surface area contributed by atoms with Crippen LogP contribution in [0.4, 0.5) is 0 Å². The molecule has 1 N–H and O–H groups in total. The SMILES string of the molecule is CCCC1(CCC)CC(CNCC)(c2ccc(C)cc2)C1. The van der Waals surface area contributed by atoms with Gasteiger partial charge in [-0.25, -0.2) is 0 Å². The lowest BCUT2D eigenvalue weighted by molar-refractivity contribution is 0.00313. The van der Waals surface area contributed by atoms with Gasteiger partial charge in [-0.3, -0.25) is 0 Å². The summed E-state index contributed by atoms with van der Waals surface area (Å²) in [5, 5.41) is 3.63. The number of rotatable bonds is 8. The van der Waals surface area contributed by atoms with Crippen molar-refractivity contribution in [1.82, 2.24) is 5.32 Å². The third-order valence-electron chi connectivity index (χ3n) is 5.36. The smallest absolute Gasteiger partial charge is 0.00883 e. The minimum Gasteiger partial charge on any atom is -0.316 e. The van der Waals surface area contributed by atoms with Gasteiger partial charge < -0.3 is 5.32 Å². The Morgan fingerprint density at radius 1 is 0.952 bits per heavy atom. The van der Waals surface area contributed by atoms with Gasteiger partial charge in [0.05, 0.1) is 0 Å². The summed E-state index contributed by atoms with van der Waals surface area (Å²) < 4.78 is 0. The topological polar surface area (TPSA) is 12.0 Å². The molecule has 1 aromatic rings. The average molecular weight is 287 g/mol. The maximum absolute atomic E-state index is 3.63. The maximum atomic E-state index is 3.63. The van der Waals surface area contributed by atoms with Crippen molar-refractivity contribution in [3.8, 4) is 0 Å². The third-order valence-corrected chi connectivity index (χ3v) is 5.36. The summed E-state index contributed by atoms with van der Waals surface area (Å²) >= 11 is 0. The highest BCUT2D eigenvalue weighted by Crippen LogP contribution is 2.60. The zero-order valence-electron chi connectivity index (χ0n) is 14.5. The lowest BCUT2D eigenvalue weighted by Gasteiger charge is -2.58. The molecule has 2 rings (SSSR count). The zero-order valence-corrected chi connectivity index (χ0v) is 14.5. The van der Waals surface area contributed by atoms with Crippen molar-refractivity contribution in [3.05, 3.63) is 35.4 Å². The van der Waals surface area contributed by atoms with E-state index in [9.17, 15) is 0 Å². The first-order valence-electron chi connectivity index (χ1n) is 8.87. The largest absolute Gasteiger partial charge is 0.316 e. The van der Waals surface area contributed by atoms with Gasteiger partial charge in [-0.15, -0.1) is 0 Å². The summed E-state index contributed by atoms with van der Waals surface area (Å²) in [5.41, 5.74) is 3.92. The normalized spacial score (nSPS) is 19.2. The lowest BCUT2D eigenvalue weighted by atomic mass is 9.48. The monoisotopic (exact) mass is 287 g/mol. The number of nitrogens with one attached hydrogen (secondary N) is 1. The van der Waals surface area contributed by atoms with E-state index in [4.69, 9.17) is 0 Å². The zero-order chi connectivity index (χ0) is 15.3. The Bertz CT molecular complexity index is 418. The number of benzene rings is 1. The summed E-state index contributed by atoms with van der Waals surface area (Å²) in [5.74, 6) is 0. The van der Waals surface area contributed by atoms with Crippen LogP contribution in [-0.2, 0) is 5.41 Å². The van der Waals surface area contributed by atoms with Crippen LogP contribution in [0.15, 0.2) is 24.3 Å². The molecule has 1 fully saturated rings. The fourth-order valence-electron chi connectivity index (χ4n) is 4.63. The van der Waals surface area contributed by atoms with E-state index >= 15 is 0 Å². The fraction of sp³-hybridized carbons (Fsp3) is 0.700. The minimum absolute atomic E-state index is 0.383. The van der Waals surface area contributed by atoms with E-state index in [2.05, 4.69) is 57.3 Å². The second kappa shape index (κ2) is 6.96. The fourth-order valence-corrected chi connectivity index (χ4v) is 4.63. The van der Waals surface area contributed by atoms with Crippen LogP contribution < -0.4 is 5.32 Å². The van der Waals surface area contributed by atoms with Crippen molar-refractivity contribution in [3.63, 3.8) is 0 Å². The molecule has 118 valence electrons. The Morgan fingerprint density at radius 3 is 2.00 bits per heavy atom. The van der Waals surface area contributed by atoms with Crippen LogP contribution in [0.1, 0.15) is 70.4 Å². The van der Waals surface area contributed by atoms with Crippen LogP contribution >= 0.6 is 0 Å². The predicted molar refractivity (Wildman–Crippen MR) is 92.9 cm³/mol. The Hall–Kier alpha value is -0.820. The van der Waals surface area contributed by atoms with E-state index in [1.165, 1.54) is 44.1 Å². The lowest BCUT2D eigenvalue weighted by Crippen LogP contribution is -2.54. The molecule has 1 nitrogen and oxygen atoms in total. The number of likely N-dealkylation sites (N-methyl/N-ethyl adjacent to an activating group) is 1. The van der Waals surface area contributed by atoms with E-state index in [-0.39, 0.29) is 0 Å². The van der Waals surface area contributed by atoms with Gasteiger partial charge in [-0.1, -0.05) is 63.4 Å². The van der Waals surface area contributed by atoms with Gasteiger partial charge in [-0.2, -0.15) is 0 Å². The second-order valence-electron chi connectivity index (χ2n) is 7.28. The molecule has 0 amide bonds. The molecule has 0 atom stereocenters. The van der Waals surface area contributed by atoms with Gasteiger partial charge in [0, 0.05) is 12.0 Å².